The molecule has 1 aromatic carbocycles. The maximum absolute atomic E-state index is 12.3. The molecule has 0 bridgehead atoms. The van der Waals surface area contributed by atoms with Crippen LogP contribution in [0.15, 0.2) is 18.2 Å². The number of nitrogens with zero attached hydrogens (tertiary/aromatic N) is 2. The molecule has 0 aliphatic heterocycles. The molecular formula is C11H12F3N3. The standard InChI is InChI=1S/C11H12F3N3/c1-2-17(7-11(12,13)14)10-4-3-9(16)5-8(10)6-15/h3-5H,2,7,16H2,1H3. The van der Waals surface area contributed by atoms with Crippen molar-refractivity contribution in [3.63, 3.8) is 0 Å². The number of nitrogens with two attached hydrogens (primary N) is 1. The van der Waals surface area contributed by atoms with Gasteiger partial charge in [-0.1, -0.05) is 0 Å². The van der Waals surface area contributed by atoms with Crippen molar-refractivity contribution in [1.29, 1.82) is 5.26 Å². The Morgan fingerprint density at radius 1 is 1.41 bits per heavy atom. The summed E-state index contributed by atoms with van der Waals surface area (Å²) < 4.78 is 37.0. The van der Waals surface area contributed by atoms with Gasteiger partial charge in [-0.05, 0) is 25.1 Å². The van der Waals surface area contributed by atoms with E-state index in [2.05, 4.69) is 0 Å². The van der Waals surface area contributed by atoms with Gasteiger partial charge in [-0.3, -0.25) is 0 Å². The smallest absolute Gasteiger partial charge is 0.399 e. The SMILES string of the molecule is CCN(CC(F)(F)F)c1ccc(N)cc1C#N. The third-order valence-corrected chi connectivity index (χ3v) is 2.23. The highest BCUT2D eigenvalue weighted by molar-refractivity contribution is 5.64. The van der Waals surface area contributed by atoms with Crippen molar-refractivity contribution in [3.05, 3.63) is 23.8 Å². The Labute approximate surface area is 97.2 Å². The van der Waals surface area contributed by atoms with Crippen molar-refractivity contribution < 1.29 is 13.2 Å². The zero-order chi connectivity index (χ0) is 13.1. The van der Waals surface area contributed by atoms with Crippen LogP contribution in [0.5, 0.6) is 0 Å². The summed E-state index contributed by atoms with van der Waals surface area (Å²) in [7, 11) is 0. The van der Waals surface area contributed by atoms with E-state index in [9.17, 15) is 13.2 Å². The lowest BCUT2D eigenvalue weighted by Crippen LogP contribution is -2.34. The van der Waals surface area contributed by atoms with Crippen LogP contribution in [0.4, 0.5) is 24.5 Å². The lowest BCUT2D eigenvalue weighted by Gasteiger charge is -2.25. The number of hydrogen-bond donors (Lipinski definition) is 1. The average Bonchev–Trinajstić information content (AvgIpc) is 2.24. The highest BCUT2D eigenvalue weighted by atomic mass is 19.4. The summed E-state index contributed by atoms with van der Waals surface area (Å²) in [5.74, 6) is 0. The molecule has 1 aromatic rings. The Bertz CT molecular complexity index is 435. The minimum Gasteiger partial charge on any atom is -0.399 e. The molecule has 0 radical (unpaired) electrons. The lowest BCUT2D eigenvalue weighted by atomic mass is 10.1. The normalized spacial score (nSPS) is 11.0. The Morgan fingerprint density at radius 3 is 2.53 bits per heavy atom. The van der Waals surface area contributed by atoms with E-state index < -0.39 is 12.7 Å². The van der Waals surface area contributed by atoms with Gasteiger partial charge in [0.1, 0.15) is 12.6 Å². The highest BCUT2D eigenvalue weighted by Gasteiger charge is 2.31. The molecule has 3 nitrogen and oxygen atoms in total. The van der Waals surface area contributed by atoms with E-state index in [1.54, 1.807) is 6.92 Å². The molecule has 0 unspecified atom stereocenters. The first kappa shape index (κ1) is 13.2. The monoisotopic (exact) mass is 243 g/mol. The molecule has 6 heteroatoms. The summed E-state index contributed by atoms with van der Waals surface area (Å²) in [4.78, 5) is 1.10. The molecule has 0 fully saturated rings. The molecule has 0 aliphatic rings. The second-order valence-electron chi connectivity index (χ2n) is 3.52. The largest absolute Gasteiger partial charge is 0.405 e. The number of anilines is 2. The van der Waals surface area contributed by atoms with Gasteiger partial charge in [0.15, 0.2) is 0 Å². The van der Waals surface area contributed by atoms with Gasteiger partial charge in [0.2, 0.25) is 0 Å². The quantitative estimate of drug-likeness (QED) is 0.830. The summed E-state index contributed by atoms with van der Waals surface area (Å²) in [6.07, 6.45) is -4.30. The molecule has 0 heterocycles. The van der Waals surface area contributed by atoms with Crippen LogP contribution in [0, 0.1) is 11.3 Å². The molecule has 2 N–H and O–H groups in total. The summed E-state index contributed by atoms with van der Waals surface area (Å²) in [6.45, 7) is 0.684. The zero-order valence-electron chi connectivity index (χ0n) is 9.25. The van der Waals surface area contributed by atoms with Gasteiger partial charge in [0, 0.05) is 12.2 Å². The first-order valence-electron chi connectivity index (χ1n) is 4.98. The van der Waals surface area contributed by atoms with E-state index in [4.69, 9.17) is 11.0 Å². The van der Waals surface area contributed by atoms with Crippen LogP contribution in [0.25, 0.3) is 0 Å². The molecular weight excluding hydrogens is 231 g/mol. The first-order chi connectivity index (χ1) is 7.87. The van der Waals surface area contributed by atoms with Crippen molar-refractivity contribution in [1.82, 2.24) is 0 Å². The Morgan fingerprint density at radius 2 is 2.06 bits per heavy atom. The van der Waals surface area contributed by atoms with Crippen LogP contribution in [-0.2, 0) is 0 Å². The van der Waals surface area contributed by atoms with E-state index >= 15 is 0 Å². The maximum Gasteiger partial charge on any atom is 0.405 e. The second-order valence-corrected chi connectivity index (χ2v) is 3.52. The number of rotatable bonds is 3. The van der Waals surface area contributed by atoms with Gasteiger partial charge < -0.3 is 10.6 Å². The van der Waals surface area contributed by atoms with Crippen molar-refractivity contribution in [2.24, 2.45) is 0 Å². The third kappa shape index (κ3) is 3.55. The van der Waals surface area contributed by atoms with E-state index in [1.165, 1.54) is 18.2 Å². The minimum absolute atomic E-state index is 0.149. The van der Waals surface area contributed by atoms with Crippen LogP contribution >= 0.6 is 0 Å². The van der Waals surface area contributed by atoms with Gasteiger partial charge in [0.05, 0.1) is 11.3 Å². The van der Waals surface area contributed by atoms with E-state index in [0.717, 1.165) is 4.90 Å². The number of halogens is 3. The highest BCUT2D eigenvalue weighted by Crippen LogP contribution is 2.26. The molecule has 0 atom stereocenters. The fourth-order valence-electron chi connectivity index (χ4n) is 1.50. The molecule has 0 amide bonds. The number of nitriles is 1. The Balaban J connectivity index is 3.08. The van der Waals surface area contributed by atoms with E-state index in [0.29, 0.717) is 5.69 Å². The second kappa shape index (κ2) is 4.95. The predicted octanol–water partition coefficient (Wildman–Crippen LogP) is 2.53. The number of nitrogen functional groups attached to an aromatic ring is 1. The molecule has 17 heavy (non-hydrogen) atoms. The van der Waals surface area contributed by atoms with Crippen molar-refractivity contribution in [2.75, 3.05) is 23.7 Å². The van der Waals surface area contributed by atoms with E-state index in [1.807, 2.05) is 6.07 Å². The van der Waals surface area contributed by atoms with E-state index in [-0.39, 0.29) is 17.8 Å². The minimum atomic E-state index is -4.30. The summed E-state index contributed by atoms with van der Waals surface area (Å²) >= 11 is 0. The summed E-state index contributed by atoms with van der Waals surface area (Å²) in [6, 6.07) is 6.13. The number of alkyl halides is 3. The van der Waals surface area contributed by atoms with Crippen LogP contribution < -0.4 is 10.6 Å². The van der Waals surface area contributed by atoms with Crippen LogP contribution in [0.2, 0.25) is 0 Å². The molecule has 0 saturated carbocycles. The van der Waals surface area contributed by atoms with Crippen LogP contribution in [0.1, 0.15) is 12.5 Å². The van der Waals surface area contributed by atoms with Crippen molar-refractivity contribution >= 4 is 11.4 Å². The predicted molar refractivity (Wildman–Crippen MR) is 59.5 cm³/mol. The van der Waals surface area contributed by atoms with Crippen molar-refractivity contribution in [3.8, 4) is 6.07 Å². The fraction of sp³-hybridized carbons (Fsp3) is 0.364. The van der Waals surface area contributed by atoms with Gasteiger partial charge in [-0.25, -0.2) is 0 Å². The molecule has 0 aromatic heterocycles. The Kier molecular flexibility index (Phi) is 3.84. The van der Waals surface area contributed by atoms with Crippen LogP contribution in [0.3, 0.4) is 0 Å². The molecule has 1 rings (SSSR count). The summed E-state index contributed by atoms with van der Waals surface area (Å²) in [5, 5.41) is 8.87. The van der Waals surface area contributed by atoms with Gasteiger partial charge >= 0.3 is 6.18 Å². The maximum atomic E-state index is 12.3. The number of hydrogen-bond acceptors (Lipinski definition) is 3. The fourth-order valence-corrected chi connectivity index (χ4v) is 1.50. The van der Waals surface area contributed by atoms with Gasteiger partial charge in [-0.15, -0.1) is 0 Å². The molecule has 0 spiro atoms. The first-order valence-corrected chi connectivity index (χ1v) is 4.98. The molecule has 0 aliphatic carbocycles. The third-order valence-electron chi connectivity index (χ3n) is 2.23. The lowest BCUT2D eigenvalue weighted by molar-refractivity contribution is -0.119. The molecule has 0 saturated heterocycles. The topological polar surface area (TPSA) is 53.0 Å². The van der Waals surface area contributed by atoms with Gasteiger partial charge in [0.25, 0.3) is 0 Å². The summed E-state index contributed by atoms with van der Waals surface area (Å²) in [5.41, 5.74) is 6.24. The zero-order valence-corrected chi connectivity index (χ0v) is 9.25. The van der Waals surface area contributed by atoms with Crippen molar-refractivity contribution in [2.45, 2.75) is 13.1 Å². The van der Waals surface area contributed by atoms with Crippen LogP contribution in [-0.4, -0.2) is 19.3 Å². The number of benzene rings is 1. The average molecular weight is 243 g/mol. The molecule has 92 valence electrons. The van der Waals surface area contributed by atoms with Gasteiger partial charge in [-0.2, -0.15) is 18.4 Å². The Hall–Kier alpha value is -1.90.